The molecule has 0 aliphatic heterocycles. The van der Waals surface area contributed by atoms with Crippen LogP contribution in [0.25, 0.3) is 0 Å². The molecule has 0 spiro atoms. The normalized spacial score (nSPS) is 13.2. The van der Waals surface area contributed by atoms with Crippen LogP contribution in [0.4, 0.5) is 0 Å². The molecule has 1 atom stereocenters. The van der Waals surface area contributed by atoms with Gasteiger partial charge in [0.2, 0.25) is 0 Å². The fourth-order valence-electron chi connectivity index (χ4n) is 2.22. The monoisotopic (exact) mass is 293 g/mol. The Morgan fingerprint density at radius 3 is 2.52 bits per heavy atom. The zero-order valence-corrected chi connectivity index (χ0v) is 14.2. The van der Waals surface area contributed by atoms with E-state index in [9.17, 15) is 0 Å². The second-order valence-corrected chi connectivity index (χ2v) is 6.70. The number of hydrogen-bond acceptors (Lipinski definition) is 3. The number of aliphatic hydroxyl groups excluding tert-OH is 1. The van der Waals surface area contributed by atoms with Gasteiger partial charge < -0.3 is 15.2 Å². The minimum atomic E-state index is 0.158. The quantitative estimate of drug-likeness (QED) is 0.771. The number of nitrogens with one attached hydrogen (secondary N) is 1. The zero-order chi connectivity index (χ0) is 15.9. The van der Waals surface area contributed by atoms with Gasteiger partial charge in [0.25, 0.3) is 0 Å². The second kappa shape index (κ2) is 8.40. The molecule has 120 valence electrons. The fourth-order valence-corrected chi connectivity index (χ4v) is 2.22. The van der Waals surface area contributed by atoms with Crippen LogP contribution >= 0.6 is 0 Å². The Hall–Kier alpha value is -1.06. The molecule has 21 heavy (non-hydrogen) atoms. The number of ether oxygens (including phenoxy) is 1. The Morgan fingerprint density at radius 2 is 2.00 bits per heavy atom. The molecular weight excluding hydrogens is 262 g/mol. The molecule has 0 aromatic heterocycles. The number of benzene rings is 1. The van der Waals surface area contributed by atoms with Crippen molar-refractivity contribution < 1.29 is 9.84 Å². The molecule has 0 aliphatic carbocycles. The van der Waals surface area contributed by atoms with Crippen molar-refractivity contribution in [2.75, 3.05) is 19.8 Å². The van der Waals surface area contributed by atoms with Gasteiger partial charge in [-0.1, -0.05) is 39.8 Å². The lowest BCUT2D eigenvalue weighted by Crippen LogP contribution is -2.36. The predicted molar refractivity (Wildman–Crippen MR) is 89.2 cm³/mol. The van der Waals surface area contributed by atoms with E-state index in [1.54, 1.807) is 0 Å². The van der Waals surface area contributed by atoms with Gasteiger partial charge in [-0.2, -0.15) is 0 Å². The van der Waals surface area contributed by atoms with Gasteiger partial charge in [0.15, 0.2) is 0 Å². The van der Waals surface area contributed by atoms with Crippen molar-refractivity contribution in [3.63, 3.8) is 0 Å². The summed E-state index contributed by atoms with van der Waals surface area (Å²) in [5.74, 6) is 0.934. The molecule has 3 heteroatoms. The Bertz CT molecular complexity index is 424. The summed E-state index contributed by atoms with van der Waals surface area (Å²) in [5.41, 5.74) is 2.65. The van der Waals surface area contributed by atoms with Crippen molar-refractivity contribution in [3.8, 4) is 5.75 Å². The maximum atomic E-state index is 9.12. The van der Waals surface area contributed by atoms with Gasteiger partial charge in [0.05, 0.1) is 0 Å². The van der Waals surface area contributed by atoms with E-state index in [0.717, 1.165) is 25.1 Å². The summed E-state index contributed by atoms with van der Waals surface area (Å²) in [5, 5.41) is 12.5. The molecule has 1 aromatic rings. The highest BCUT2D eigenvalue weighted by Gasteiger charge is 2.15. The van der Waals surface area contributed by atoms with Crippen LogP contribution in [0.15, 0.2) is 18.2 Å². The lowest BCUT2D eigenvalue weighted by atomic mass is 9.86. The number of aliphatic hydroxyl groups is 1. The van der Waals surface area contributed by atoms with Crippen molar-refractivity contribution in [2.24, 2.45) is 0 Å². The van der Waals surface area contributed by atoms with E-state index in [1.165, 1.54) is 11.1 Å². The first kappa shape index (κ1) is 18.0. The van der Waals surface area contributed by atoms with Gasteiger partial charge in [-0.3, -0.25) is 0 Å². The van der Waals surface area contributed by atoms with Crippen LogP contribution in [0, 0.1) is 6.92 Å². The summed E-state index contributed by atoms with van der Waals surface area (Å²) < 4.78 is 5.94. The number of aryl methyl sites for hydroxylation is 1. The van der Waals surface area contributed by atoms with E-state index in [4.69, 9.17) is 9.84 Å². The summed E-state index contributed by atoms with van der Waals surface area (Å²) in [6.07, 6.45) is 1.81. The van der Waals surface area contributed by atoms with Gasteiger partial charge in [-0.25, -0.2) is 0 Å². The third kappa shape index (κ3) is 6.06. The van der Waals surface area contributed by atoms with Crippen molar-refractivity contribution in [1.29, 1.82) is 0 Å². The van der Waals surface area contributed by atoms with E-state index in [2.05, 4.69) is 58.1 Å². The predicted octanol–water partition coefficient (Wildman–Crippen LogP) is 3.42. The first-order valence-corrected chi connectivity index (χ1v) is 7.96. The van der Waals surface area contributed by atoms with Crippen LogP contribution in [0.2, 0.25) is 0 Å². The van der Waals surface area contributed by atoms with Crippen LogP contribution in [0.1, 0.15) is 51.7 Å². The standard InChI is InChI=1S/C18H31NO2/c1-6-10-19-16(9-11-20)13-21-17-8-7-15(12-14(17)2)18(3,4)5/h7-8,12,16,19-20H,6,9-11,13H2,1-5H3. The minimum Gasteiger partial charge on any atom is -0.492 e. The molecule has 3 nitrogen and oxygen atoms in total. The van der Waals surface area contributed by atoms with Crippen molar-refractivity contribution in [2.45, 2.75) is 58.9 Å². The summed E-state index contributed by atoms with van der Waals surface area (Å²) in [6.45, 7) is 12.6. The first-order chi connectivity index (χ1) is 9.88. The van der Waals surface area contributed by atoms with Gasteiger partial charge in [0, 0.05) is 12.6 Å². The van der Waals surface area contributed by atoms with E-state index in [0.29, 0.717) is 6.61 Å². The Kier molecular flexibility index (Phi) is 7.20. The van der Waals surface area contributed by atoms with E-state index >= 15 is 0 Å². The van der Waals surface area contributed by atoms with E-state index in [1.807, 2.05) is 0 Å². The largest absolute Gasteiger partial charge is 0.492 e. The fraction of sp³-hybridized carbons (Fsp3) is 0.667. The Balaban J connectivity index is 2.65. The SMILES string of the molecule is CCCNC(CCO)COc1ccc(C(C)(C)C)cc1C. The third-order valence-corrected chi connectivity index (χ3v) is 3.64. The molecule has 2 N–H and O–H groups in total. The molecule has 0 saturated heterocycles. The molecule has 0 saturated carbocycles. The van der Waals surface area contributed by atoms with Crippen LogP contribution in [-0.2, 0) is 5.41 Å². The number of rotatable bonds is 8. The van der Waals surface area contributed by atoms with Crippen LogP contribution in [0.5, 0.6) is 5.75 Å². The summed E-state index contributed by atoms with van der Waals surface area (Å²) in [7, 11) is 0. The summed E-state index contributed by atoms with van der Waals surface area (Å²) in [6, 6.07) is 6.61. The second-order valence-electron chi connectivity index (χ2n) is 6.70. The molecule has 0 amide bonds. The third-order valence-electron chi connectivity index (χ3n) is 3.64. The smallest absolute Gasteiger partial charge is 0.122 e. The molecular formula is C18H31NO2. The van der Waals surface area contributed by atoms with E-state index < -0.39 is 0 Å². The molecule has 0 aliphatic rings. The molecule has 0 heterocycles. The molecule has 1 aromatic carbocycles. The highest BCUT2D eigenvalue weighted by Crippen LogP contribution is 2.27. The van der Waals surface area contributed by atoms with Gasteiger partial charge in [-0.05, 0) is 48.9 Å². The average molecular weight is 293 g/mol. The van der Waals surface area contributed by atoms with Crippen molar-refractivity contribution >= 4 is 0 Å². The van der Waals surface area contributed by atoms with Gasteiger partial charge in [-0.15, -0.1) is 0 Å². The van der Waals surface area contributed by atoms with Crippen LogP contribution in [0.3, 0.4) is 0 Å². The minimum absolute atomic E-state index is 0.158. The first-order valence-electron chi connectivity index (χ1n) is 7.96. The maximum Gasteiger partial charge on any atom is 0.122 e. The Labute approximate surface area is 129 Å². The van der Waals surface area contributed by atoms with Crippen LogP contribution in [-0.4, -0.2) is 30.9 Å². The lowest BCUT2D eigenvalue weighted by Gasteiger charge is -2.22. The molecule has 0 bridgehead atoms. The zero-order valence-electron chi connectivity index (χ0n) is 14.2. The molecule has 0 fully saturated rings. The summed E-state index contributed by atoms with van der Waals surface area (Å²) >= 11 is 0. The highest BCUT2D eigenvalue weighted by molar-refractivity contribution is 5.38. The molecule has 1 rings (SSSR count). The van der Waals surface area contributed by atoms with Gasteiger partial charge in [0.1, 0.15) is 12.4 Å². The molecule has 0 radical (unpaired) electrons. The van der Waals surface area contributed by atoms with E-state index in [-0.39, 0.29) is 18.1 Å². The summed E-state index contributed by atoms with van der Waals surface area (Å²) in [4.78, 5) is 0. The van der Waals surface area contributed by atoms with Gasteiger partial charge >= 0.3 is 0 Å². The average Bonchev–Trinajstić information content (AvgIpc) is 2.42. The van der Waals surface area contributed by atoms with Crippen molar-refractivity contribution in [1.82, 2.24) is 5.32 Å². The number of hydrogen-bond donors (Lipinski definition) is 2. The van der Waals surface area contributed by atoms with Crippen molar-refractivity contribution in [3.05, 3.63) is 29.3 Å². The highest BCUT2D eigenvalue weighted by atomic mass is 16.5. The molecule has 1 unspecified atom stereocenters. The Morgan fingerprint density at radius 1 is 1.29 bits per heavy atom. The lowest BCUT2D eigenvalue weighted by molar-refractivity contribution is 0.213. The van der Waals surface area contributed by atoms with Crippen LogP contribution < -0.4 is 10.1 Å². The maximum absolute atomic E-state index is 9.12. The topological polar surface area (TPSA) is 41.5 Å².